The average molecular weight is 236 g/mol. The quantitative estimate of drug-likeness (QED) is 0.739. The highest BCUT2D eigenvalue weighted by Gasteiger charge is 2.36. The van der Waals surface area contributed by atoms with Gasteiger partial charge in [0, 0.05) is 25.0 Å². The van der Waals surface area contributed by atoms with Crippen molar-refractivity contribution in [2.45, 2.75) is 37.5 Å². The van der Waals surface area contributed by atoms with E-state index >= 15 is 0 Å². The lowest BCUT2D eigenvalue weighted by Crippen LogP contribution is -2.23. The Morgan fingerprint density at radius 1 is 1.24 bits per heavy atom. The number of rotatable bonds is 1. The molecule has 0 bridgehead atoms. The maximum absolute atomic E-state index is 13.1. The van der Waals surface area contributed by atoms with E-state index in [4.69, 9.17) is 0 Å². The Kier molecular flexibility index (Phi) is 2.38. The Balaban J connectivity index is 1.90. The Labute approximate surface area is 98.3 Å². The van der Waals surface area contributed by atoms with Crippen LogP contribution in [-0.4, -0.2) is 15.3 Å². The van der Waals surface area contributed by atoms with Crippen molar-refractivity contribution in [1.82, 2.24) is 9.38 Å². The van der Waals surface area contributed by atoms with Gasteiger partial charge in [0.1, 0.15) is 0 Å². The van der Waals surface area contributed by atoms with Crippen molar-refractivity contribution in [3.8, 4) is 0 Å². The third kappa shape index (κ3) is 1.92. The van der Waals surface area contributed by atoms with Crippen molar-refractivity contribution in [3.05, 3.63) is 36.4 Å². The molecule has 2 aromatic rings. The fraction of sp³-hybridized carbons (Fsp3) is 0.462. The van der Waals surface area contributed by atoms with Crippen molar-refractivity contribution in [1.29, 1.82) is 0 Å². The summed E-state index contributed by atoms with van der Waals surface area (Å²) in [6.07, 6.45) is 4.75. The highest BCUT2D eigenvalue weighted by atomic mass is 19.3. The molecule has 0 radical (unpaired) electrons. The highest BCUT2D eigenvalue weighted by Crippen LogP contribution is 2.41. The number of nitrogens with zero attached hydrogens (tertiary/aromatic N) is 2. The molecule has 0 aromatic carbocycles. The van der Waals surface area contributed by atoms with E-state index < -0.39 is 5.92 Å². The Morgan fingerprint density at radius 3 is 2.76 bits per heavy atom. The molecule has 1 aliphatic carbocycles. The molecule has 4 heteroatoms. The second kappa shape index (κ2) is 3.79. The summed E-state index contributed by atoms with van der Waals surface area (Å²) in [5.74, 6) is -2.28. The lowest BCUT2D eigenvalue weighted by Gasteiger charge is -2.27. The molecule has 0 amide bonds. The van der Waals surface area contributed by atoms with Gasteiger partial charge in [0.2, 0.25) is 5.92 Å². The van der Waals surface area contributed by atoms with Gasteiger partial charge in [0.05, 0.1) is 17.5 Å². The van der Waals surface area contributed by atoms with Crippen LogP contribution in [0.5, 0.6) is 0 Å². The van der Waals surface area contributed by atoms with E-state index in [0.29, 0.717) is 12.8 Å². The van der Waals surface area contributed by atoms with Crippen LogP contribution in [0.25, 0.3) is 5.52 Å². The largest absolute Gasteiger partial charge is 0.306 e. The first-order valence-electron chi connectivity index (χ1n) is 5.95. The molecule has 0 unspecified atom stereocenters. The van der Waals surface area contributed by atoms with E-state index in [-0.39, 0.29) is 18.8 Å². The molecule has 90 valence electrons. The molecule has 2 nitrogen and oxygen atoms in total. The maximum Gasteiger partial charge on any atom is 0.248 e. The number of pyridine rings is 1. The minimum Gasteiger partial charge on any atom is -0.306 e. The van der Waals surface area contributed by atoms with Crippen LogP contribution >= 0.6 is 0 Å². The zero-order valence-electron chi connectivity index (χ0n) is 9.44. The van der Waals surface area contributed by atoms with Gasteiger partial charge in [-0.05, 0) is 25.0 Å². The Hall–Kier alpha value is -1.45. The van der Waals surface area contributed by atoms with E-state index in [0.717, 1.165) is 11.2 Å². The van der Waals surface area contributed by atoms with E-state index in [9.17, 15) is 8.78 Å². The number of fused-ring (bicyclic) bond motifs is 1. The van der Waals surface area contributed by atoms with Crippen LogP contribution in [0.2, 0.25) is 0 Å². The maximum atomic E-state index is 13.1. The van der Waals surface area contributed by atoms with Crippen molar-refractivity contribution >= 4 is 5.52 Å². The van der Waals surface area contributed by atoms with E-state index in [1.165, 1.54) is 0 Å². The second-order valence-electron chi connectivity index (χ2n) is 4.75. The normalized spacial score (nSPS) is 20.8. The molecule has 17 heavy (non-hydrogen) atoms. The molecular weight excluding hydrogens is 222 g/mol. The first-order valence-corrected chi connectivity index (χ1v) is 5.95. The summed E-state index contributed by atoms with van der Waals surface area (Å²) >= 11 is 0. The minimum atomic E-state index is -2.47. The van der Waals surface area contributed by atoms with Crippen LogP contribution in [-0.2, 0) is 0 Å². The standard InChI is InChI=1S/C13H14F2N2/c14-13(15)6-4-10(5-7-13)12-11-3-1-2-8-17(11)9-16-12/h1-3,8-10H,4-7H2. The molecule has 0 atom stereocenters. The zero-order chi connectivity index (χ0) is 11.9. The van der Waals surface area contributed by atoms with E-state index in [2.05, 4.69) is 4.98 Å². The summed E-state index contributed by atoms with van der Waals surface area (Å²) in [5, 5.41) is 0. The molecule has 0 aliphatic heterocycles. The average Bonchev–Trinajstić information content (AvgIpc) is 2.73. The van der Waals surface area contributed by atoms with Crippen molar-refractivity contribution < 1.29 is 8.78 Å². The number of halogens is 2. The molecule has 0 N–H and O–H groups in total. The third-order valence-corrected chi connectivity index (χ3v) is 3.58. The fourth-order valence-corrected chi connectivity index (χ4v) is 2.59. The van der Waals surface area contributed by atoms with Crippen LogP contribution in [0, 0.1) is 0 Å². The molecule has 2 aromatic heterocycles. The lowest BCUT2D eigenvalue weighted by atomic mass is 9.84. The van der Waals surface area contributed by atoms with Crippen molar-refractivity contribution in [2.24, 2.45) is 0 Å². The minimum absolute atomic E-state index is 0.0104. The summed E-state index contributed by atoms with van der Waals surface area (Å²) in [6, 6.07) is 5.89. The lowest BCUT2D eigenvalue weighted by molar-refractivity contribution is -0.0383. The summed E-state index contributed by atoms with van der Waals surface area (Å²) in [5.41, 5.74) is 2.02. The van der Waals surface area contributed by atoms with Crippen LogP contribution in [0.3, 0.4) is 0 Å². The topological polar surface area (TPSA) is 17.3 Å². The van der Waals surface area contributed by atoms with Crippen LogP contribution in [0.1, 0.15) is 37.3 Å². The van der Waals surface area contributed by atoms with Gasteiger partial charge in [0.25, 0.3) is 0 Å². The number of hydrogen-bond donors (Lipinski definition) is 0. The predicted molar refractivity (Wildman–Crippen MR) is 61.3 cm³/mol. The van der Waals surface area contributed by atoms with Gasteiger partial charge in [0.15, 0.2) is 0 Å². The van der Waals surface area contributed by atoms with Gasteiger partial charge >= 0.3 is 0 Å². The second-order valence-corrected chi connectivity index (χ2v) is 4.75. The van der Waals surface area contributed by atoms with Crippen LogP contribution in [0.15, 0.2) is 30.7 Å². The summed E-state index contributed by atoms with van der Waals surface area (Å²) in [6.45, 7) is 0. The van der Waals surface area contributed by atoms with E-state index in [1.54, 1.807) is 6.33 Å². The third-order valence-electron chi connectivity index (χ3n) is 3.58. The number of alkyl halides is 2. The molecule has 1 aliphatic rings. The van der Waals surface area contributed by atoms with Gasteiger partial charge in [-0.1, -0.05) is 6.07 Å². The van der Waals surface area contributed by atoms with Gasteiger partial charge in [-0.15, -0.1) is 0 Å². The Bertz CT molecular complexity index is 523. The van der Waals surface area contributed by atoms with Gasteiger partial charge in [-0.25, -0.2) is 13.8 Å². The SMILES string of the molecule is FC1(F)CCC(c2ncn3ccccc23)CC1. The molecule has 0 spiro atoms. The number of imidazole rings is 1. The summed E-state index contributed by atoms with van der Waals surface area (Å²) in [7, 11) is 0. The van der Waals surface area contributed by atoms with Crippen molar-refractivity contribution in [2.75, 3.05) is 0 Å². The first kappa shape index (κ1) is 10.7. The highest BCUT2D eigenvalue weighted by molar-refractivity contribution is 5.53. The van der Waals surface area contributed by atoms with Gasteiger partial charge in [-0.2, -0.15) is 0 Å². The molecule has 3 rings (SSSR count). The zero-order valence-corrected chi connectivity index (χ0v) is 9.44. The van der Waals surface area contributed by atoms with Crippen molar-refractivity contribution in [3.63, 3.8) is 0 Å². The van der Waals surface area contributed by atoms with Gasteiger partial charge in [-0.3, -0.25) is 0 Å². The number of hydrogen-bond acceptors (Lipinski definition) is 1. The van der Waals surface area contributed by atoms with E-state index in [1.807, 2.05) is 28.8 Å². The van der Waals surface area contributed by atoms with Crippen LogP contribution < -0.4 is 0 Å². The molecule has 0 saturated heterocycles. The van der Waals surface area contributed by atoms with Gasteiger partial charge < -0.3 is 4.40 Å². The fourth-order valence-electron chi connectivity index (χ4n) is 2.59. The summed E-state index contributed by atoms with van der Waals surface area (Å²) < 4.78 is 28.2. The first-order chi connectivity index (χ1) is 8.16. The summed E-state index contributed by atoms with van der Waals surface area (Å²) in [4.78, 5) is 4.38. The Morgan fingerprint density at radius 2 is 2.00 bits per heavy atom. The predicted octanol–water partition coefficient (Wildman–Crippen LogP) is 3.63. The van der Waals surface area contributed by atoms with Crippen LogP contribution in [0.4, 0.5) is 8.78 Å². The molecule has 1 saturated carbocycles. The monoisotopic (exact) mass is 236 g/mol. The molecular formula is C13H14F2N2. The number of aromatic nitrogens is 2. The smallest absolute Gasteiger partial charge is 0.248 e. The molecule has 2 heterocycles. The molecule has 1 fully saturated rings.